The van der Waals surface area contributed by atoms with Gasteiger partial charge in [0.25, 0.3) is 0 Å². The molecule has 1 aliphatic rings. The highest BCUT2D eigenvalue weighted by Gasteiger charge is 2.19. The molecule has 1 aromatic heterocycles. The lowest BCUT2D eigenvalue weighted by molar-refractivity contribution is 0.00591. The van der Waals surface area contributed by atoms with E-state index in [1.807, 2.05) is 11.3 Å². The standard InChI is InChI=1S/C16H27NOS/c1-3-9-17-11-15-7-8-16(19-15)12-18-14-6-4-5-13(2)10-14/h7-8,13-14,17H,3-6,9-12H2,1-2H3. The van der Waals surface area contributed by atoms with Gasteiger partial charge >= 0.3 is 0 Å². The zero-order chi connectivity index (χ0) is 13.5. The van der Waals surface area contributed by atoms with E-state index in [-0.39, 0.29) is 0 Å². The average Bonchev–Trinajstić information content (AvgIpc) is 2.85. The molecule has 1 heterocycles. The number of thiophene rings is 1. The van der Waals surface area contributed by atoms with Gasteiger partial charge in [0.2, 0.25) is 0 Å². The Labute approximate surface area is 121 Å². The first kappa shape index (κ1) is 15.0. The van der Waals surface area contributed by atoms with Gasteiger partial charge < -0.3 is 10.1 Å². The van der Waals surface area contributed by atoms with Gasteiger partial charge in [-0.15, -0.1) is 11.3 Å². The van der Waals surface area contributed by atoms with Crippen molar-refractivity contribution in [1.29, 1.82) is 0 Å². The van der Waals surface area contributed by atoms with Gasteiger partial charge in [-0.2, -0.15) is 0 Å². The summed E-state index contributed by atoms with van der Waals surface area (Å²) in [5.41, 5.74) is 0. The predicted octanol–water partition coefficient (Wildman–Crippen LogP) is 4.34. The van der Waals surface area contributed by atoms with Crippen LogP contribution in [0.15, 0.2) is 12.1 Å². The summed E-state index contributed by atoms with van der Waals surface area (Å²) in [6.45, 7) is 7.45. The van der Waals surface area contributed by atoms with Crippen LogP contribution in [0.2, 0.25) is 0 Å². The Morgan fingerprint density at radius 3 is 2.95 bits per heavy atom. The summed E-state index contributed by atoms with van der Waals surface area (Å²) in [6, 6.07) is 4.45. The minimum absolute atomic E-state index is 0.493. The van der Waals surface area contributed by atoms with Crippen LogP contribution in [0.3, 0.4) is 0 Å². The van der Waals surface area contributed by atoms with E-state index in [0.29, 0.717) is 6.10 Å². The molecule has 0 radical (unpaired) electrons. The number of rotatable bonds is 7. The summed E-state index contributed by atoms with van der Waals surface area (Å²) in [4.78, 5) is 2.79. The molecule has 2 rings (SSSR count). The molecule has 19 heavy (non-hydrogen) atoms. The Morgan fingerprint density at radius 1 is 1.32 bits per heavy atom. The number of ether oxygens (including phenoxy) is 1. The first-order valence-corrected chi connectivity index (χ1v) is 8.49. The molecule has 0 aromatic carbocycles. The SMILES string of the molecule is CCCNCc1ccc(COC2CCCC(C)C2)s1. The van der Waals surface area contributed by atoms with Crippen LogP contribution in [0, 0.1) is 5.92 Å². The van der Waals surface area contributed by atoms with Gasteiger partial charge in [-0.05, 0) is 43.9 Å². The molecule has 3 heteroatoms. The van der Waals surface area contributed by atoms with Crippen molar-refractivity contribution >= 4 is 11.3 Å². The van der Waals surface area contributed by atoms with Crippen LogP contribution < -0.4 is 5.32 Å². The molecule has 1 aliphatic carbocycles. The minimum Gasteiger partial charge on any atom is -0.373 e. The van der Waals surface area contributed by atoms with Crippen molar-refractivity contribution in [2.24, 2.45) is 5.92 Å². The molecule has 0 aliphatic heterocycles. The molecule has 1 N–H and O–H groups in total. The Bertz CT molecular complexity index is 363. The van der Waals surface area contributed by atoms with Gasteiger partial charge in [-0.3, -0.25) is 0 Å². The zero-order valence-corrected chi connectivity index (χ0v) is 13.1. The molecule has 1 saturated carbocycles. The van der Waals surface area contributed by atoms with Crippen molar-refractivity contribution < 1.29 is 4.74 Å². The van der Waals surface area contributed by atoms with E-state index in [0.717, 1.165) is 25.6 Å². The third kappa shape index (κ3) is 5.25. The molecular formula is C16H27NOS. The molecule has 0 bridgehead atoms. The van der Waals surface area contributed by atoms with Gasteiger partial charge in [0.1, 0.15) is 0 Å². The van der Waals surface area contributed by atoms with Gasteiger partial charge in [0.15, 0.2) is 0 Å². The molecule has 2 atom stereocenters. The summed E-state index contributed by atoms with van der Waals surface area (Å²) in [5, 5.41) is 3.45. The van der Waals surface area contributed by atoms with E-state index in [9.17, 15) is 0 Å². The van der Waals surface area contributed by atoms with Crippen molar-refractivity contribution in [3.05, 3.63) is 21.9 Å². The Kier molecular flexibility index (Phi) is 6.35. The summed E-state index contributed by atoms with van der Waals surface area (Å²) in [7, 11) is 0. The van der Waals surface area contributed by atoms with Crippen LogP contribution in [0.5, 0.6) is 0 Å². The minimum atomic E-state index is 0.493. The van der Waals surface area contributed by atoms with Gasteiger partial charge in [0, 0.05) is 16.3 Å². The van der Waals surface area contributed by atoms with E-state index in [4.69, 9.17) is 4.74 Å². The second kappa shape index (κ2) is 8.03. The molecule has 0 spiro atoms. The average molecular weight is 281 g/mol. The van der Waals surface area contributed by atoms with Crippen molar-refractivity contribution in [2.75, 3.05) is 6.54 Å². The largest absolute Gasteiger partial charge is 0.373 e. The Balaban J connectivity index is 1.70. The van der Waals surface area contributed by atoms with E-state index in [2.05, 4.69) is 31.3 Å². The summed E-state index contributed by atoms with van der Waals surface area (Å²) in [5.74, 6) is 0.843. The second-order valence-corrected chi connectivity index (χ2v) is 7.00. The first-order chi connectivity index (χ1) is 9.28. The lowest BCUT2D eigenvalue weighted by Gasteiger charge is -2.26. The third-order valence-electron chi connectivity index (χ3n) is 3.79. The van der Waals surface area contributed by atoms with E-state index >= 15 is 0 Å². The summed E-state index contributed by atoms with van der Waals surface area (Å²) in [6.07, 6.45) is 6.90. The molecule has 2 nitrogen and oxygen atoms in total. The molecule has 2 unspecified atom stereocenters. The van der Waals surface area contributed by atoms with Crippen LogP contribution >= 0.6 is 11.3 Å². The fraction of sp³-hybridized carbons (Fsp3) is 0.750. The highest BCUT2D eigenvalue weighted by Crippen LogP contribution is 2.27. The van der Waals surface area contributed by atoms with Crippen LogP contribution in [-0.2, 0) is 17.9 Å². The lowest BCUT2D eigenvalue weighted by atomic mass is 9.89. The highest BCUT2D eigenvalue weighted by molar-refractivity contribution is 7.11. The van der Waals surface area contributed by atoms with Crippen molar-refractivity contribution in [3.8, 4) is 0 Å². The van der Waals surface area contributed by atoms with Crippen LogP contribution in [0.25, 0.3) is 0 Å². The van der Waals surface area contributed by atoms with E-state index < -0.39 is 0 Å². The molecule has 1 aromatic rings. The third-order valence-corrected chi connectivity index (χ3v) is 4.85. The highest BCUT2D eigenvalue weighted by atomic mass is 32.1. The summed E-state index contributed by atoms with van der Waals surface area (Å²) >= 11 is 1.89. The maximum Gasteiger partial charge on any atom is 0.0813 e. The van der Waals surface area contributed by atoms with E-state index in [1.165, 1.54) is 41.9 Å². The lowest BCUT2D eigenvalue weighted by Crippen LogP contribution is -2.21. The maximum absolute atomic E-state index is 6.07. The van der Waals surface area contributed by atoms with Crippen LogP contribution in [0.1, 0.15) is 55.7 Å². The second-order valence-electron chi connectivity index (χ2n) is 5.75. The molecular weight excluding hydrogens is 254 g/mol. The van der Waals surface area contributed by atoms with Gasteiger partial charge in [0.05, 0.1) is 12.7 Å². The van der Waals surface area contributed by atoms with Crippen molar-refractivity contribution in [3.63, 3.8) is 0 Å². The maximum atomic E-state index is 6.07. The predicted molar refractivity (Wildman–Crippen MR) is 82.5 cm³/mol. The Hall–Kier alpha value is -0.380. The van der Waals surface area contributed by atoms with Gasteiger partial charge in [-0.25, -0.2) is 0 Å². The Morgan fingerprint density at radius 2 is 2.16 bits per heavy atom. The van der Waals surface area contributed by atoms with Crippen LogP contribution in [-0.4, -0.2) is 12.6 Å². The number of nitrogens with one attached hydrogen (secondary N) is 1. The number of hydrogen-bond acceptors (Lipinski definition) is 3. The quantitative estimate of drug-likeness (QED) is 0.751. The van der Waals surface area contributed by atoms with Crippen molar-refractivity contribution in [2.45, 2.75) is 65.2 Å². The van der Waals surface area contributed by atoms with Crippen molar-refractivity contribution in [1.82, 2.24) is 5.32 Å². The first-order valence-electron chi connectivity index (χ1n) is 7.67. The molecule has 108 valence electrons. The molecule has 0 saturated heterocycles. The number of hydrogen-bond donors (Lipinski definition) is 1. The smallest absolute Gasteiger partial charge is 0.0813 e. The van der Waals surface area contributed by atoms with Gasteiger partial charge in [-0.1, -0.05) is 26.7 Å². The topological polar surface area (TPSA) is 21.3 Å². The fourth-order valence-electron chi connectivity index (χ4n) is 2.71. The fourth-order valence-corrected chi connectivity index (χ4v) is 3.62. The van der Waals surface area contributed by atoms with E-state index in [1.54, 1.807) is 0 Å². The zero-order valence-electron chi connectivity index (χ0n) is 12.3. The molecule has 0 amide bonds. The molecule has 1 fully saturated rings. The monoisotopic (exact) mass is 281 g/mol. The summed E-state index contributed by atoms with van der Waals surface area (Å²) < 4.78 is 6.07. The normalized spacial score (nSPS) is 23.7. The van der Waals surface area contributed by atoms with Crippen LogP contribution in [0.4, 0.5) is 0 Å².